The van der Waals surface area contributed by atoms with Crippen LogP contribution in [0.2, 0.25) is 5.02 Å². The Hall–Kier alpha value is -3.10. The summed E-state index contributed by atoms with van der Waals surface area (Å²) in [6, 6.07) is 11.1. The second-order valence-electron chi connectivity index (χ2n) is 5.55. The Morgan fingerprint density at radius 3 is 2.36 bits per heavy atom. The second kappa shape index (κ2) is 10.3. The maximum absolute atomic E-state index is 12.1. The monoisotopic (exact) mass is 406 g/mol. The van der Waals surface area contributed by atoms with E-state index in [4.69, 9.17) is 25.8 Å². The van der Waals surface area contributed by atoms with Crippen LogP contribution in [-0.4, -0.2) is 38.6 Å². The van der Waals surface area contributed by atoms with Gasteiger partial charge in [-0.2, -0.15) is 0 Å². The predicted molar refractivity (Wildman–Crippen MR) is 101 cm³/mol. The number of esters is 1. The summed E-state index contributed by atoms with van der Waals surface area (Å²) in [5.74, 6) is -1.71. The molecular weight excluding hydrogens is 388 g/mol. The van der Waals surface area contributed by atoms with Gasteiger partial charge in [-0.3, -0.25) is 20.4 Å². The lowest BCUT2D eigenvalue weighted by Gasteiger charge is -2.11. The molecule has 8 nitrogen and oxygen atoms in total. The number of ether oxygens (including phenoxy) is 3. The molecule has 2 amide bonds. The van der Waals surface area contributed by atoms with E-state index in [1.807, 2.05) is 0 Å². The fourth-order valence-electron chi connectivity index (χ4n) is 2.21. The van der Waals surface area contributed by atoms with Gasteiger partial charge in [0.05, 0.1) is 24.8 Å². The van der Waals surface area contributed by atoms with Crippen molar-refractivity contribution in [3.05, 3.63) is 64.2 Å². The number of amides is 2. The highest BCUT2D eigenvalue weighted by Crippen LogP contribution is 2.22. The summed E-state index contributed by atoms with van der Waals surface area (Å²) in [6.45, 7) is -0.138. The number of hydrogen-bond acceptors (Lipinski definition) is 6. The van der Waals surface area contributed by atoms with Crippen LogP contribution in [0.5, 0.6) is 5.75 Å². The van der Waals surface area contributed by atoms with Crippen molar-refractivity contribution in [3.63, 3.8) is 0 Å². The molecule has 0 aromatic heterocycles. The molecular formula is C19H19ClN2O6. The van der Waals surface area contributed by atoms with Crippen molar-refractivity contribution in [3.8, 4) is 5.75 Å². The third-order valence-corrected chi connectivity index (χ3v) is 3.79. The topological polar surface area (TPSA) is 103 Å². The molecule has 2 aromatic carbocycles. The molecule has 0 fully saturated rings. The Bertz CT molecular complexity index is 854. The lowest BCUT2D eigenvalue weighted by Crippen LogP contribution is -2.43. The van der Waals surface area contributed by atoms with Crippen molar-refractivity contribution in [1.29, 1.82) is 0 Å². The summed E-state index contributed by atoms with van der Waals surface area (Å²) in [6.07, 6.45) is 0. The Labute approximate surface area is 166 Å². The van der Waals surface area contributed by atoms with Crippen molar-refractivity contribution >= 4 is 29.4 Å². The van der Waals surface area contributed by atoms with Gasteiger partial charge in [-0.15, -0.1) is 0 Å². The van der Waals surface area contributed by atoms with E-state index in [0.717, 1.165) is 5.56 Å². The van der Waals surface area contributed by atoms with E-state index in [9.17, 15) is 14.4 Å². The lowest BCUT2D eigenvalue weighted by molar-refractivity contribution is -0.125. The first-order chi connectivity index (χ1) is 13.4. The summed E-state index contributed by atoms with van der Waals surface area (Å²) in [5.41, 5.74) is 5.69. The first-order valence-corrected chi connectivity index (χ1v) is 8.50. The molecule has 0 radical (unpaired) electrons. The van der Waals surface area contributed by atoms with Crippen molar-refractivity contribution in [2.24, 2.45) is 0 Å². The molecule has 28 heavy (non-hydrogen) atoms. The standard InChI is InChI=1S/C19H19ClN2O6/c1-26-10-12-3-5-13(6-4-12)19(25)28-11-17(23)21-22-18(24)15-9-14(20)7-8-16(15)27-2/h3-9H,10-11H2,1-2H3,(H,21,23)(H,22,24). The summed E-state index contributed by atoms with van der Waals surface area (Å²) in [5, 5.41) is 0.336. The van der Waals surface area contributed by atoms with Gasteiger partial charge in [0.25, 0.3) is 11.8 Å². The number of carbonyl (C=O) groups excluding carboxylic acids is 3. The van der Waals surface area contributed by atoms with Crippen LogP contribution >= 0.6 is 11.6 Å². The summed E-state index contributed by atoms with van der Waals surface area (Å²) in [4.78, 5) is 35.9. The number of nitrogens with one attached hydrogen (secondary N) is 2. The van der Waals surface area contributed by atoms with Crippen molar-refractivity contribution < 1.29 is 28.6 Å². The lowest BCUT2D eigenvalue weighted by atomic mass is 10.1. The van der Waals surface area contributed by atoms with Crippen LogP contribution in [0.3, 0.4) is 0 Å². The Kier molecular flexibility index (Phi) is 7.79. The van der Waals surface area contributed by atoms with Gasteiger partial charge in [0, 0.05) is 12.1 Å². The van der Waals surface area contributed by atoms with Crippen LogP contribution in [0.1, 0.15) is 26.3 Å². The normalized spacial score (nSPS) is 10.1. The van der Waals surface area contributed by atoms with E-state index in [1.54, 1.807) is 37.4 Å². The SMILES string of the molecule is COCc1ccc(C(=O)OCC(=O)NNC(=O)c2cc(Cl)ccc2OC)cc1. The molecule has 2 aromatic rings. The molecule has 0 saturated heterocycles. The molecule has 0 spiro atoms. The maximum atomic E-state index is 12.1. The minimum absolute atomic E-state index is 0.142. The molecule has 148 valence electrons. The number of methoxy groups -OCH3 is 2. The van der Waals surface area contributed by atoms with E-state index in [1.165, 1.54) is 19.2 Å². The summed E-state index contributed by atoms with van der Waals surface area (Å²) < 4.78 is 15.0. The van der Waals surface area contributed by atoms with Crippen molar-refractivity contribution in [1.82, 2.24) is 10.9 Å². The molecule has 2 N–H and O–H groups in total. The fraction of sp³-hybridized carbons (Fsp3) is 0.211. The second-order valence-corrected chi connectivity index (χ2v) is 5.99. The quantitative estimate of drug-likeness (QED) is 0.539. The van der Waals surface area contributed by atoms with Gasteiger partial charge in [-0.05, 0) is 35.9 Å². The van der Waals surface area contributed by atoms with Gasteiger partial charge < -0.3 is 14.2 Å². The molecule has 0 aliphatic heterocycles. The van der Waals surface area contributed by atoms with Crippen LogP contribution < -0.4 is 15.6 Å². The highest BCUT2D eigenvalue weighted by atomic mass is 35.5. The van der Waals surface area contributed by atoms with Crippen LogP contribution in [0.15, 0.2) is 42.5 Å². The van der Waals surface area contributed by atoms with Crippen LogP contribution in [0.4, 0.5) is 0 Å². The molecule has 0 heterocycles. The number of halogens is 1. The highest BCUT2D eigenvalue weighted by molar-refractivity contribution is 6.31. The van der Waals surface area contributed by atoms with Crippen LogP contribution in [0, 0.1) is 0 Å². The third kappa shape index (κ3) is 5.97. The smallest absolute Gasteiger partial charge is 0.338 e. The molecule has 0 atom stereocenters. The van der Waals surface area contributed by atoms with Gasteiger partial charge in [0.2, 0.25) is 0 Å². The first kappa shape index (κ1) is 21.2. The number of hydrazine groups is 1. The van der Waals surface area contributed by atoms with E-state index < -0.39 is 24.4 Å². The average molecular weight is 407 g/mol. The molecule has 0 bridgehead atoms. The van der Waals surface area contributed by atoms with E-state index in [-0.39, 0.29) is 5.56 Å². The molecule has 2 rings (SSSR count). The summed E-state index contributed by atoms with van der Waals surface area (Å²) in [7, 11) is 2.97. The van der Waals surface area contributed by atoms with Gasteiger partial charge in [0.15, 0.2) is 6.61 Å². The average Bonchev–Trinajstić information content (AvgIpc) is 2.71. The molecule has 9 heteroatoms. The van der Waals surface area contributed by atoms with Gasteiger partial charge in [-0.25, -0.2) is 4.79 Å². The predicted octanol–water partition coefficient (Wildman–Crippen LogP) is 2.11. The zero-order valence-electron chi connectivity index (χ0n) is 15.3. The van der Waals surface area contributed by atoms with Crippen molar-refractivity contribution in [2.75, 3.05) is 20.8 Å². The van der Waals surface area contributed by atoms with E-state index >= 15 is 0 Å². The minimum Gasteiger partial charge on any atom is -0.496 e. The van der Waals surface area contributed by atoms with Gasteiger partial charge in [0.1, 0.15) is 5.75 Å². The number of hydrogen-bond donors (Lipinski definition) is 2. The van der Waals surface area contributed by atoms with E-state index in [0.29, 0.717) is 22.9 Å². The largest absolute Gasteiger partial charge is 0.496 e. The Morgan fingerprint density at radius 1 is 1.00 bits per heavy atom. The zero-order chi connectivity index (χ0) is 20.5. The fourth-order valence-corrected chi connectivity index (χ4v) is 2.38. The third-order valence-electron chi connectivity index (χ3n) is 3.56. The van der Waals surface area contributed by atoms with Gasteiger partial charge in [-0.1, -0.05) is 23.7 Å². The first-order valence-electron chi connectivity index (χ1n) is 8.12. The molecule has 0 aliphatic carbocycles. The zero-order valence-corrected chi connectivity index (χ0v) is 16.0. The number of carbonyl (C=O) groups is 3. The maximum Gasteiger partial charge on any atom is 0.338 e. The number of rotatable bonds is 7. The highest BCUT2D eigenvalue weighted by Gasteiger charge is 2.15. The van der Waals surface area contributed by atoms with Crippen LogP contribution in [0.25, 0.3) is 0 Å². The van der Waals surface area contributed by atoms with Crippen LogP contribution in [-0.2, 0) is 20.9 Å². The number of benzene rings is 2. The van der Waals surface area contributed by atoms with Gasteiger partial charge >= 0.3 is 5.97 Å². The Morgan fingerprint density at radius 2 is 1.71 bits per heavy atom. The molecule has 0 saturated carbocycles. The Balaban J connectivity index is 1.83. The molecule has 0 aliphatic rings. The minimum atomic E-state index is -0.710. The summed E-state index contributed by atoms with van der Waals surface area (Å²) >= 11 is 5.86. The van der Waals surface area contributed by atoms with E-state index in [2.05, 4.69) is 10.9 Å². The van der Waals surface area contributed by atoms with Crippen molar-refractivity contribution in [2.45, 2.75) is 6.61 Å². The molecule has 0 unspecified atom stereocenters.